The summed E-state index contributed by atoms with van der Waals surface area (Å²) in [6.45, 7) is 10.3. The Labute approximate surface area is 126 Å². The van der Waals surface area contributed by atoms with Crippen molar-refractivity contribution in [3.8, 4) is 0 Å². The van der Waals surface area contributed by atoms with Crippen LogP contribution in [0.15, 0.2) is 24.3 Å². The summed E-state index contributed by atoms with van der Waals surface area (Å²) in [4.78, 5) is 0. The van der Waals surface area contributed by atoms with Crippen LogP contribution < -0.4 is 0 Å². The van der Waals surface area contributed by atoms with Crippen LogP contribution in [-0.4, -0.2) is 5.11 Å². The Hall–Kier alpha value is -1.31. The zero-order valence-corrected chi connectivity index (χ0v) is 13.5. The van der Waals surface area contributed by atoms with Crippen LogP contribution in [-0.2, 0) is 0 Å². The largest absolute Gasteiger partial charge is 0.384 e. The van der Waals surface area contributed by atoms with Gasteiger partial charge in [0.25, 0.3) is 0 Å². The van der Waals surface area contributed by atoms with Crippen LogP contribution in [0.25, 0.3) is 0 Å². The number of halogens is 1. The smallest absolute Gasteiger partial charge is 0.105 e. The standard InChI is InChI=1S/C18H21ClO/c1-10-9-11(2)13(4)17(12(10)3)18(20)15-7-6-8-16(19)14(15)5/h6-9,18,20H,1-5H3. The molecule has 20 heavy (non-hydrogen) atoms. The van der Waals surface area contributed by atoms with Gasteiger partial charge in [-0.2, -0.15) is 0 Å². The molecule has 106 valence electrons. The summed E-state index contributed by atoms with van der Waals surface area (Å²) < 4.78 is 0. The molecule has 2 rings (SSSR count). The van der Waals surface area contributed by atoms with Gasteiger partial charge in [-0.05, 0) is 79.6 Å². The third-order valence-corrected chi connectivity index (χ3v) is 4.71. The fourth-order valence-electron chi connectivity index (χ4n) is 2.73. The minimum atomic E-state index is -0.632. The van der Waals surface area contributed by atoms with Crippen LogP contribution in [0.1, 0.15) is 45.0 Å². The van der Waals surface area contributed by atoms with Crippen molar-refractivity contribution in [2.45, 2.75) is 40.7 Å². The molecule has 0 radical (unpaired) electrons. The minimum Gasteiger partial charge on any atom is -0.384 e. The van der Waals surface area contributed by atoms with E-state index in [0.717, 1.165) is 27.8 Å². The van der Waals surface area contributed by atoms with Crippen LogP contribution in [0.4, 0.5) is 0 Å². The van der Waals surface area contributed by atoms with Gasteiger partial charge in [0.1, 0.15) is 6.10 Å². The van der Waals surface area contributed by atoms with Gasteiger partial charge in [0.05, 0.1) is 0 Å². The van der Waals surface area contributed by atoms with Gasteiger partial charge in [0.15, 0.2) is 0 Å². The average molecular weight is 289 g/mol. The van der Waals surface area contributed by atoms with Gasteiger partial charge >= 0.3 is 0 Å². The lowest BCUT2D eigenvalue weighted by atomic mass is 9.87. The molecule has 0 fully saturated rings. The lowest BCUT2D eigenvalue weighted by Crippen LogP contribution is -2.09. The summed E-state index contributed by atoms with van der Waals surface area (Å²) in [5.41, 5.74) is 7.56. The number of aliphatic hydroxyl groups excluding tert-OH is 1. The van der Waals surface area contributed by atoms with Crippen molar-refractivity contribution in [2.75, 3.05) is 0 Å². The molecule has 0 bridgehead atoms. The van der Waals surface area contributed by atoms with Crippen LogP contribution >= 0.6 is 11.6 Å². The monoisotopic (exact) mass is 288 g/mol. The Morgan fingerprint density at radius 1 is 0.900 bits per heavy atom. The van der Waals surface area contributed by atoms with E-state index in [-0.39, 0.29) is 0 Å². The summed E-state index contributed by atoms with van der Waals surface area (Å²) in [5.74, 6) is 0. The lowest BCUT2D eigenvalue weighted by Gasteiger charge is -2.22. The first kappa shape index (κ1) is 15.1. The van der Waals surface area contributed by atoms with Crippen molar-refractivity contribution in [3.63, 3.8) is 0 Å². The summed E-state index contributed by atoms with van der Waals surface area (Å²) >= 11 is 6.18. The van der Waals surface area contributed by atoms with Crippen LogP contribution in [0.3, 0.4) is 0 Å². The first-order chi connectivity index (χ1) is 9.34. The maximum Gasteiger partial charge on any atom is 0.105 e. The van der Waals surface area contributed by atoms with Crippen LogP contribution in [0.2, 0.25) is 5.02 Å². The first-order valence-corrected chi connectivity index (χ1v) is 7.22. The van der Waals surface area contributed by atoms with E-state index < -0.39 is 6.10 Å². The third kappa shape index (κ3) is 2.48. The Morgan fingerprint density at radius 2 is 1.45 bits per heavy atom. The molecule has 1 N–H and O–H groups in total. The molecular weight excluding hydrogens is 268 g/mol. The van der Waals surface area contributed by atoms with Gasteiger partial charge in [-0.1, -0.05) is 29.8 Å². The molecule has 1 unspecified atom stereocenters. The number of hydrogen-bond donors (Lipinski definition) is 1. The van der Waals surface area contributed by atoms with Gasteiger partial charge in [0, 0.05) is 5.02 Å². The van der Waals surface area contributed by atoms with Gasteiger partial charge < -0.3 is 5.11 Å². The van der Waals surface area contributed by atoms with E-state index in [1.165, 1.54) is 11.1 Å². The van der Waals surface area contributed by atoms with E-state index in [2.05, 4.69) is 33.8 Å². The molecule has 0 aromatic heterocycles. The maximum absolute atomic E-state index is 10.8. The maximum atomic E-state index is 10.8. The Balaban J connectivity index is 2.65. The van der Waals surface area contributed by atoms with E-state index in [1.807, 2.05) is 25.1 Å². The number of benzene rings is 2. The second kappa shape index (κ2) is 5.59. The SMILES string of the molecule is Cc1cc(C)c(C)c(C(O)c2cccc(Cl)c2C)c1C. The molecule has 1 atom stereocenters. The molecule has 1 nitrogen and oxygen atoms in total. The molecule has 0 aliphatic heterocycles. The average Bonchev–Trinajstić information content (AvgIpc) is 2.40. The Kier molecular flexibility index (Phi) is 4.22. The van der Waals surface area contributed by atoms with Crippen LogP contribution in [0, 0.1) is 34.6 Å². The summed E-state index contributed by atoms with van der Waals surface area (Å²) in [7, 11) is 0. The van der Waals surface area contributed by atoms with Crippen LogP contribution in [0.5, 0.6) is 0 Å². The second-order valence-corrected chi connectivity index (χ2v) is 5.94. The molecule has 0 aliphatic rings. The molecule has 0 aliphatic carbocycles. The van der Waals surface area contributed by atoms with Crippen molar-refractivity contribution in [2.24, 2.45) is 0 Å². The van der Waals surface area contributed by atoms with Gasteiger partial charge in [-0.3, -0.25) is 0 Å². The number of aryl methyl sites for hydroxylation is 2. The molecule has 0 saturated carbocycles. The van der Waals surface area contributed by atoms with E-state index in [9.17, 15) is 5.11 Å². The Morgan fingerprint density at radius 3 is 2.00 bits per heavy atom. The normalized spacial score (nSPS) is 12.6. The zero-order valence-electron chi connectivity index (χ0n) is 12.7. The summed E-state index contributed by atoms with van der Waals surface area (Å²) in [6, 6.07) is 7.86. The molecule has 0 heterocycles. The zero-order chi connectivity index (χ0) is 15.0. The van der Waals surface area contributed by atoms with E-state index in [0.29, 0.717) is 5.02 Å². The van der Waals surface area contributed by atoms with Crippen molar-refractivity contribution in [1.29, 1.82) is 0 Å². The Bertz CT molecular complexity index is 633. The fraction of sp³-hybridized carbons (Fsp3) is 0.333. The molecule has 2 aromatic carbocycles. The van der Waals surface area contributed by atoms with Crippen molar-refractivity contribution < 1.29 is 5.11 Å². The number of rotatable bonds is 2. The third-order valence-electron chi connectivity index (χ3n) is 4.30. The molecule has 2 aromatic rings. The molecule has 0 amide bonds. The van der Waals surface area contributed by atoms with Gasteiger partial charge in [0.2, 0.25) is 0 Å². The van der Waals surface area contributed by atoms with Gasteiger partial charge in [-0.15, -0.1) is 0 Å². The van der Waals surface area contributed by atoms with E-state index in [4.69, 9.17) is 11.6 Å². The molecule has 2 heteroatoms. The predicted molar refractivity (Wildman–Crippen MR) is 85.6 cm³/mol. The van der Waals surface area contributed by atoms with E-state index >= 15 is 0 Å². The molecule has 0 spiro atoms. The molecule has 0 saturated heterocycles. The molecular formula is C18H21ClO. The topological polar surface area (TPSA) is 20.2 Å². The van der Waals surface area contributed by atoms with E-state index in [1.54, 1.807) is 0 Å². The van der Waals surface area contributed by atoms with Crippen molar-refractivity contribution in [1.82, 2.24) is 0 Å². The number of hydrogen-bond acceptors (Lipinski definition) is 1. The summed E-state index contributed by atoms with van der Waals surface area (Å²) in [6.07, 6.45) is -0.632. The van der Waals surface area contributed by atoms with Crippen molar-refractivity contribution in [3.05, 3.63) is 68.2 Å². The highest BCUT2D eigenvalue weighted by atomic mass is 35.5. The first-order valence-electron chi connectivity index (χ1n) is 6.85. The highest BCUT2D eigenvalue weighted by Gasteiger charge is 2.20. The van der Waals surface area contributed by atoms with Crippen molar-refractivity contribution >= 4 is 11.6 Å². The van der Waals surface area contributed by atoms with Gasteiger partial charge in [-0.25, -0.2) is 0 Å². The highest BCUT2D eigenvalue weighted by Crippen LogP contribution is 2.34. The predicted octanol–water partition coefficient (Wildman–Crippen LogP) is 4.96. The fourth-order valence-corrected chi connectivity index (χ4v) is 2.92. The summed E-state index contributed by atoms with van der Waals surface area (Å²) in [5, 5.41) is 11.5. The quantitative estimate of drug-likeness (QED) is 0.828. The second-order valence-electron chi connectivity index (χ2n) is 5.53. The highest BCUT2D eigenvalue weighted by molar-refractivity contribution is 6.31. The lowest BCUT2D eigenvalue weighted by molar-refractivity contribution is 0.218. The minimum absolute atomic E-state index is 0.632. The number of aliphatic hydroxyl groups is 1.